The molecule has 1 fully saturated rings. The minimum absolute atomic E-state index is 0.413. The quantitative estimate of drug-likeness (QED) is 0.902. The van der Waals surface area contributed by atoms with Crippen molar-refractivity contribution < 1.29 is 9.47 Å². The Hall–Kier alpha value is -1.26. The lowest BCUT2D eigenvalue weighted by Gasteiger charge is -2.35. The molecule has 1 N–H and O–H groups in total. The maximum Gasteiger partial charge on any atom is 0.124 e. The van der Waals surface area contributed by atoms with E-state index < -0.39 is 0 Å². The Balaban J connectivity index is 2.05. The van der Waals surface area contributed by atoms with E-state index in [1.165, 1.54) is 37.1 Å². The van der Waals surface area contributed by atoms with E-state index in [0.29, 0.717) is 6.04 Å². The molecule has 0 spiro atoms. The third-order valence-corrected chi connectivity index (χ3v) is 4.27. The van der Waals surface area contributed by atoms with E-state index in [4.69, 9.17) is 9.47 Å². The summed E-state index contributed by atoms with van der Waals surface area (Å²) in [7, 11) is 3.49. The SMILES string of the molecule is COc1ccc(OC)c2c1CNC[C@@H]2N1CCCC1. The van der Waals surface area contributed by atoms with E-state index >= 15 is 0 Å². The Labute approximate surface area is 114 Å². The van der Waals surface area contributed by atoms with Crippen molar-refractivity contribution in [3.8, 4) is 11.5 Å². The van der Waals surface area contributed by atoms with Gasteiger partial charge in [0.2, 0.25) is 0 Å². The Kier molecular flexibility index (Phi) is 3.62. The predicted molar refractivity (Wildman–Crippen MR) is 74.8 cm³/mol. The van der Waals surface area contributed by atoms with E-state index in [1.807, 2.05) is 12.1 Å². The number of nitrogens with zero attached hydrogens (tertiary/aromatic N) is 1. The van der Waals surface area contributed by atoms with Crippen molar-refractivity contribution >= 4 is 0 Å². The summed E-state index contributed by atoms with van der Waals surface area (Å²) in [5.41, 5.74) is 2.58. The highest BCUT2D eigenvalue weighted by Crippen LogP contribution is 2.40. The van der Waals surface area contributed by atoms with E-state index in [-0.39, 0.29) is 0 Å². The molecule has 0 unspecified atom stereocenters. The van der Waals surface area contributed by atoms with E-state index in [1.54, 1.807) is 14.2 Å². The summed E-state index contributed by atoms with van der Waals surface area (Å²) in [6.45, 7) is 4.23. The van der Waals surface area contributed by atoms with Gasteiger partial charge in [0.15, 0.2) is 0 Å². The van der Waals surface area contributed by atoms with Crippen LogP contribution in [0.25, 0.3) is 0 Å². The summed E-state index contributed by atoms with van der Waals surface area (Å²) >= 11 is 0. The fourth-order valence-electron chi connectivity index (χ4n) is 3.34. The molecule has 4 heteroatoms. The lowest BCUT2D eigenvalue weighted by molar-refractivity contribution is 0.221. The number of likely N-dealkylation sites (tertiary alicyclic amines) is 1. The number of rotatable bonds is 3. The maximum absolute atomic E-state index is 5.59. The second-order valence-corrected chi connectivity index (χ2v) is 5.25. The Morgan fingerprint density at radius 2 is 1.79 bits per heavy atom. The fraction of sp³-hybridized carbons (Fsp3) is 0.600. The van der Waals surface area contributed by atoms with Crippen LogP contribution >= 0.6 is 0 Å². The Morgan fingerprint density at radius 3 is 2.47 bits per heavy atom. The molecule has 0 radical (unpaired) electrons. The van der Waals surface area contributed by atoms with Crippen LogP contribution in [0.2, 0.25) is 0 Å². The number of methoxy groups -OCH3 is 2. The molecule has 2 aliphatic rings. The average molecular weight is 262 g/mol. The number of fused-ring (bicyclic) bond motifs is 1. The Bertz CT molecular complexity index is 456. The molecular formula is C15H22N2O2. The van der Waals surface area contributed by atoms with Crippen LogP contribution in [0.3, 0.4) is 0 Å². The predicted octanol–water partition coefficient (Wildman–Crippen LogP) is 1.94. The van der Waals surface area contributed by atoms with Crippen LogP contribution in [0.5, 0.6) is 11.5 Å². The largest absolute Gasteiger partial charge is 0.496 e. The molecule has 3 rings (SSSR count). The van der Waals surface area contributed by atoms with Crippen molar-refractivity contribution in [3.05, 3.63) is 23.3 Å². The van der Waals surface area contributed by atoms with Gasteiger partial charge in [-0.2, -0.15) is 0 Å². The Morgan fingerprint density at radius 1 is 1.11 bits per heavy atom. The molecule has 1 aromatic carbocycles. The van der Waals surface area contributed by atoms with Crippen LogP contribution < -0.4 is 14.8 Å². The van der Waals surface area contributed by atoms with Gasteiger partial charge in [0.25, 0.3) is 0 Å². The second kappa shape index (κ2) is 5.39. The zero-order chi connectivity index (χ0) is 13.2. The summed E-state index contributed by atoms with van der Waals surface area (Å²) in [4.78, 5) is 2.56. The normalized spacial score (nSPS) is 23.2. The van der Waals surface area contributed by atoms with Crippen molar-refractivity contribution in [2.24, 2.45) is 0 Å². The first-order chi connectivity index (χ1) is 9.35. The van der Waals surface area contributed by atoms with Gasteiger partial charge >= 0.3 is 0 Å². The van der Waals surface area contributed by atoms with Gasteiger partial charge in [-0.1, -0.05) is 0 Å². The van der Waals surface area contributed by atoms with Crippen molar-refractivity contribution in [1.82, 2.24) is 10.2 Å². The number of hydrogen-bond acceptors (Lipinski definition) is 4. The zero-order valence-corrected chi connectivity index (χ0v) is 11.7. The standard InChI is InChI=1S/C15H22N2O2/c1-18-13-5-6-14(19-2)15-11(13)9-16-10-12(15)17-7-3-4-8-17/h5-6,12,16H,3-4,7-10H2,1-2H3/t12-/m0/s1. The highest BCUT2D eigenvalue weighted by Gasteiger charge is 2.31. The van der Waals surface area contributed by atoms with E-state index in [0.717, 1.165) is 24.6 Å². The maximum atomic E-state index is 5.59. The second-order valence-electron chi connectivity index (χ2n) is 5.25. The van der Waals surface area contributed by atoms with Crippen LogP contribution in [-0.4, -0.2) is 38.8 Å². The van der Waals surface area contributed by atoms with Crippen molar-refractivity contribution in [2.45, 2.75) is 25.4 Å². The average Bonchev–Trinajstić information content (AvgIpc) is 2.99. The summed E-state index contributed by atoms with van der Waals surface area (Å²) in [6.07, 6.45) is 2.61. The molecular weight excluding hydrogens is 240 g/mol. The van der Waals surface area contributed by atoms with Gasteiger partial charge in [-0.05, 0) is 38.1 Å². The van der Waals surface area contributed by atoms with Crippen molar-refractivity contribution in [3.63, 3.8) is 0 Å². The van der Waals surface area contributed by atoms with E-state index in [2.05, 4.69) is 10.2 Å². The smallest absolute Gasteiger partial charge is 0.124 e. The summed E-state index contributed by atoms with van der Waals surface area (Å²) in [6, 6.07) is 4.45. The van der Waals surface area contributed by atoms with Crippen LogP contribution in [0, 0.1) is 0 Å². The number of benzene rings is 1. The minimum atomic E-state index is 0.413. The van der Waals surface area contributed by atoms with Gasteiger partial charge in [0.1, 0.15) is 11.5 Å². The van der Waals surface area contributed by atoms with Gasteiger partial charge < -0.3 is 14.8 Å². The van der Waals surface area contributed by atoms with Crippen LogP contribution in [0.4, 0.5) is 0 Å². The molecule has 0 bridgehead atoms. The molecule has 1 atom stereocenters. The van der Waals surface area contributed by atoms with Crippen LogP contribution in [0.15, 0.2) is 12.1 Å². The molecule has 0 aliphatic carbocycles. The molecule has 2 heterocycles. The topological polar surface area (TPSA) is 33.7 Å². The van der Waals surface area contributed by atoms with E-state index in [9.17, 15) is 0 Å². The highest BCUT2D eigenvalue weighted by molar-refractivity contribution is 5.51. The first-order valence-corrected chi connectivity index (χ1v) is 7.03. The van der Waals surface area contributed by atoms with Crippen molar-refractivity contribution in [2.75, 3.05) is 33.9 Å². The zero-order valence-electron chi connectivity index (χ0n) is 11.7. The first kappa shape index (κ1) is 12.8. The minimum Gasteiger partial charge on any atom is -0.496 e. The third kappa shape index (κ3) is 2.19. The fourth-order valence-corrected chi connectivity index (χ4v) is 3.34. The molecule has 1 aromatic rings. The lowest BCUT2D eigenvalue weighted by Crippen LogP contribution is -2.38. The van der Waals surface area contributed by atoms with Crippen molar-refractivity contribution in [1.29, 1.82) is 0 Å². The lowest BCUT2D eigenvalue weighted by atomic mass is 9.93. The third-order valence-electron chi connectivity index (χ3n) is 4.27. The van der Waals surface area contributed by atoms with Crippen LogP contribution in [-0.2, 0) is 6.54 Å². The van der Waals surface area contributed by atoms with Crippen LogP contribution in [0.1, 0.15) is 30.0 Å². The highest BCUT2D eigenvalue weighted by atomic mass is 16.5. The first-order valence-electron chi connectivity index (χ1n) is 7.03. The van der Waals surface area contributed by atoms with Gasteiger partial charge in [-0.15, -0.1) is 0 Å². The molecule has 4 nitrogen and oxygen atoms in total. The van der Waals surface area contributed by atoms with Gasteiger partial charge in [-0.25, -0.2) is 0 Å². The van der Waals surface area contributed by atoms with Gasteiger partial charge in [-0.3, -0.25) is 4.90 Å². The molecule has 0 amide bonds. The number of hydrogen-bond donors (Lipinski definition) is 1. The summed E-state index contributed by atoms with van der Waals surface area (Å²) < 4.78 is 11.1. The molecule has 2 aliphatic heterocycles. The number of nitrogens with one attached hydrogen (secondary N) is 1. The molecule has 0 saturated carbocycles. The molecule has 104 valence electrons. The summed E-state index contributed by atoms with van der Waals surface area (Å²) in [5, 5.41) is 3.52. The monoisotopic (exact) mass is 262 g/mol. The number of ether oxygens (including phenoxy) is 2. The summed E-state index contributed by atoms with van der Waals surface area (Å²) in [5.74, 6) is 1.96. The van der Waals surface area contributed by atoms with Gasteiger partial charge in [0.05, 0.1) is 20.3 Å². The molecule has 0 aromatic heterocycles. The van der Waals surface area contributed by atoms with Gasteiger partial charge in [0, 0.05) is 24.2 Å². The molecule has 1 saturated heterocycles. The molecule has 19 heavy (non-hydrogen) atoms.